The Kier molecular flexibility index (Phi) is 6.15. The molecule has 2 rings (SSSR count). The van der Waals surface area contributed by atoms with Crippen molar-refractivity contribution in [2.75, 3.05) is 5.32 Å². The van der Waals surface area contributed by atoms with Gasteiger partial charge in [-0.15, -0.1) is 0 Å². The number of alkyl halides is 2. The number of pyridine rings is 1. The van der Waals surface area contributed by atoms with Crippen molar-refractivity contribution in [2.24, 2.45) is 7.05 Å². The van der Waals surface area contributed by atoms with Crippen LogP contribution in [0.15, 0.2) is 29.4 Å². The Morgan fingerprint density at radius 2 is 2.00 bits per heavy atom. The monoisotopic (exact) mass is 440 g/mol. The lowest BCUT2D eigenvalue weighted by Crippen LogP contribution is -2.43. The molecule has 0 bridgehead atoms. The highest BCUT2D eigenvalue weighted by molar-refractivity contribution is 7.89. The molecule has 2 aromatic rings. The highest BCUT2D eigenvalue weighted by atomic mass is 35.5. The number of aromatic nitrogens is 2. The van der Waals surface area contributed by atoms with E-state index in [1.807, 2.05) is 4.72 Å². The van der Waals surface area contributed by atoms with Crippen LogP contribution in [0.5, 0.6) is 0 Å². The van der Waals surface area contributed by atoms with Crippen LogP contribution >= 0.6 is 23.2 Å². The third-order valence-electron chi connectivity index (χ3n) is 3.67. The van der Waals surface area contributed by atoms with Gasteiger partial charge < -0.3 is 9.88 Å². The van der Waals surface area contributed by atoms with Gasteiger partial charge in [-0.25, -0.2) is 26.9 Å². The molecule has 0 saturated heterocycles. The minimum atomic E-state index is -4.38. The summed E-state index contributed by atoms with van der Waals surface area (Å²) in [5, 5.41) is 2.26. The van der Waals surface area contributed by atoms with Crippen LogP contribution < -0.4 is 10.0 Å². The number of rotatable bonds is 6. The molecule has 0 unspecified atom stereocenters. The lowest BCUT2D eigenvalue weighted by atomic mass is 10.2. The number of carbonyl (C=O) groups excluding carboxylic acids is 1. The Bertz CT molecular complexity index is 974. The second-order valence-corrected chi connectivity index (χ2v) is 8.34. The van der Waals surface area contributed by atoms with Crippen molar-refractivity contribution in [3.05, 3.63) is 40.4 Å². The fourth-order valence-electron chi connectivity index (χ4n) is 2.09. The summed E-state index contributed by atoms with van der Waals surface area (Å²) in [4.78, 5) is 15.8. The number of nitrogens with zero attached hydrogens (tertiary/aromatic N) is 2. The average Bonchev–Trinajstić information content (AvgIpc) is 2.81. The first-order valence-electron chi connectivity index (χ1n) is 7.51. The molecule has 0 saturated carbocycles. The van der Waals surface area contributed by atoms with Crippen molar-refractivity contribution in [1.82, 2.24) is 14.3 Å². The van der Waals surface area contributed by atoms with E-state index in [4.69, 9.17) is 23.2 Å². The van der Waals surface area contributed by atoms with Gasteiger partial charge in [0.05, 0.1) is 11.1 Å². The number of halogens is 4. The summed E-state index contributed by atoms with van der Waals surface area (Å²) in [5.74, 6) is -3.99. The van der Waals surface area contributed by atoms with E-state index in [0.717, 1.165) is 13.1 Å². The zero-order valence-corrected chi connectivity index (χ0v) is 16.8. The molecule has 0 radical (unpaired) electrons. The fourth-order valence-corrected chi connectivity index (χ4v) is 4.26. The van der Waals surface area contributed by atoms with Gasteiger partial charge in [-0.1, -0.05) is 23.2 Å². The molecule has 0 aliphatic heterocycles. The molecule has 1 atom stereocenters. The molecule has 0 spiro atoms. The molecule has 2 heterocycles. The second kappa shape index (κ2) is 7.70. The number of hydrogen-bond acceptors (Lipinski definition) is 4. The zero-order chi connectivity index (χ0) is 20.6. The molecule has 0 aliphatic rings. The average molecular weight is 441 g/mol. The minimum absolute atomic E-state index is 0.146. The van der Waals surface area contributed by atoms with Crippen LogP contribution in [0.3, 0.4) is 0 Å². The maximum Gasteiger partial charge on any atom is 0.273 e. The predicted octanol–water partition coefficient (Wildman–Crippen LogP) is 3.30. The van der Waals surface area contributed by atoms with Crippen LogP contribution in [0.4, 0.5) is 14.5 Å². The topological polar surface area (TPSA) is 93.1 Å². The van der Waals surface area contributed by atoms with E-state index in [1.54, 1.807) is 0 Å². The first-order chi connectivity index (χ1) is 12.3. The summed E-state index contributed by atoms with van der Waals surface area (Å²) in [6, 6.07) is 1.20. The number of anilines is 1. The molecule has 7 nitrogen and oxygen atoms in total. The van der Waals surface area contributed by atoms with Gasteiger partial charge in [0.1, 0.15) is 15.7 Å². The summed E-state index contributed by atoms with van der Waals surface area (Å²) in [7, 11) is -2.98. The molecule has 0 fully saturated rings. The van der Waals surface area contributed by atoms with Crippen molar-refractivity contribution in [3.8, 4) is 0 Å². The first-order valence-corrected chi connectivity index (χ1v) is 9.74. The number of nitrogens with one attached hydrogen (secondary N) is 2. The van der Waals surface area contributed by atoms with Gasteiger partial charge >= 0.3 is 0 Å². The molecule has 2 aromatic heterocycles. The molecular formula is C15H16Cl2F2N4O3S. The molecule has 27 heavy (non-hydrogen) atoms. The van der Waals surface area contributed by atoms with Crippen LogP contribution in [0, 0.1) is 0 Å². The van der Waals surface area contributed by atoms with E-state index in [0.29, 0.717) is 12.6 Å². The summed E-state index contributed by atoms with van der Waals surface area (Å²) in [6.07, 6.45) is 2.44. The molecule has 148 valence electrons. The summed E-state index contributed by atoms with van der Waals surface area (Å²) in [6.45, 7) is 1.61. The SMILES string of the molecule is C[C@@H](NS(=O)(=O)c1cn(C)c(C(=O)Nc2ccnc(Cl)c2)c1Cl)C(C)(F)F. The van der Waals surface area contributed by atoms with Gasteiger partial charge in [0, 0.05) is 32.1 Å². The number of sulfonamides is 1. The van der Waals surface area contributed by atoms with Crippen LogP contribution in [-0.4, -0.2) is 35.8 Å². The van der Waals surface area contributed by atoms with Crippen LogP contribution in [0.25, 0.3) is 0 Å². The van der Waals surface area contributed by atoms with Crippen molar-refractivity contribution in [2.45, 2.75) is 30.7 Å². The number of amides is 1. The van der Waals surface area contributed by atoms with E-state index in [9.17, 15) is 22.0 Å². The second-order valence-electron chi connectivity index (χ2n) is 5.89. The third-order valence-corrected chi connectivity index (χ3v) is 5.92. The molecule has 12 heteroatoms. The summed E-state index contributed by atoms with van der Waals surface area (Å²) in [5.41, 5.74) is 0.153. The number of hydrogen-bond donors (Lipinski definition) is 2. The van der Waals surface area contributed by atoms with Crippen molar-refractivity contribution >= 4 is 44.8 Å². The van der Waals surface area contributed by atoms with Gasteiger partial charge in [0.2, 0.25) is 10.0 Å². The van der Waals surface area contributed by atoms with Crippen LogP contribution in [-0.2, 0) is 17.1 Å². The third kappa shape index (κ3) is 4.95. The molecular weight excluding hydrogens is 425 g/mol. The smallest absolute Gasteiger partial charge is 0.273 e. The van der Waals surface area contributed by atoms with E-state index in [1.165, 1.54) is 29.9 Å². The van der Waals surface area contributed by atoms with Gasteiger partial charge in [0.15, 0.2) is 0 Å². The van der Waals surface area contributed by atoms with E-state index < -0.39 is 37.8 Å². The Hall–Kier alpha value is -1.75. The van der Waals surface area contributed by atoms with E-state index in [-0.39, 0.29) is 10.8 Å². The molecule has 1 amide bonds. The number of carbonyl (C=O) groups is 1. The lowest BCUT2D eigenvalue weighted by molar-refractivity contribution is -0.00488. The maximum absolute atomic E-state index is 13.3. The van der Waals surface area contributed by atoms with Crippen LogP contribution in [0.2, 0.25) is 10.2 Å². The Labute approximate surface area is 164 Å². The zero-order valence-electron chi connectivity index (χ0n) is 14.4. The Morgan fingerprint density at radius 3 is 2.56 bits per heavy atom. The van der Waals surface area contributed by atoms with Crippen molar-refractivity contribution in [1.29, 1.82) is 0 Å². The minimum Gasteiger partial charge on any atom is -0.344 e. The normalized spacial score (nSPS) is 13.4. The highest BCUT2D eigenvalue weighted by Gasteiger charge is 2.36. The van der Waals surface area contributed by atoms with E-state index >= 15 is 0 Å². The van der Waals surface area contributed by atoms with Crippen LogP contribution in [0.1, 0.15) is 24.3 Å². The highest BCUT2D eigenvalue weighted by Crippen LogP contribution is 2.29. The molecule has 2 N–H and O–H groups in total. The predicted molar refractivity (Wildman–Crippen MR) is 98.0 cm³/mol. The first kappa shape index (κ1) is 21.5. The summed E-state index contributed by atoms with van der Waals surface area (Å²) >= 11 is 11.8. The molecule has 0 aliphatic carbocycles. The van der Waals surface area contributed by atoms with E-state index in [2.05, 4.69) is 10.3 Å². The van der Waals surface area contributed by atoms with Crippen molar-refractivity contribution in [3.63, 3.8) is 0 Å². The molecule has 0 aromatic carbocycles. The largest absolute Gasteiger partial charge is 0.344 e. The Balaban J connectivity index is 2.34. The quantitative estimate of drug-likeness (QED) is 0.673. The standard InChI is InChI=1S/C15H16Cl2F2N4O3S/c1-8(15(2,18)19)22-27(25,26)10-7-23(3)13(12(10)17)14(24)21-9-4-5-20-11(16)6-9/h4-8,22H,1-3H3,(H,20,21,24)/t8-/m1/s1. The van der Waals surface area contributed by atoms with Gasteiger partial charge in [0.25, 0.3) is 11.8 Å². The Morgan fingerprint density at radius 1 is 1.37 bits per heavy atom. The van der Waals surface area contributed by atoms with Gasteiger partial charge in [-0.3, -0.25) is 4.79 Å². The fraction of sp³-hybridized carbons (Fsp3) is 0.333. The van der Waals surface area contributed by atoms with Gasteiger partial charge in [-0.05, 0) is 19.1 Å². The maximum atomic E-state index is 13.3. The van der Waals surface area contributed by atoms with Crippen molar-refractivity contribution < 1.29 is 22.0 Å². The number of aryl methyl sites for hydroxylation is 1. The summed E-state index contributed by atoms with van der Waals surface area (Å²) < 4.78 is 54.5. The lowest BCUT2D eigenvalue weighted by Gasteiger charge is -2.20. The van der Waals surface area contributed by atoms with Gasteiger partial charge in [-0.2, -0.15) is 0 Å².